The summed E-state index contributed by atoms with van der Waals surface area (Å²) in [6.45, 7) is 2.85. The molecule has 0 N–H and O–H groups in total. The Hall–Kier alpha value is -2.61. The van der Waals surface area contributed by atoms with Crippen LogP contribution in [0.3, 0.4) is 0 Å². The minimum atomic E-state index is -1.96. The maximum Gasteiger partial charge on any atom is 0.273 e. The molecule has 0 aliphatic carbocycles. The van der Waals surface area contributed by atoms with Crippen LogP contribution in [0.1, 0.15) is 33.6 Å². The molecule has 1 aromatic carbocycles. The van der Waals surface area contributed by atoms with E-state index in [4.69, 9.17) is 4.11 Å². The predicted molar refractivity (Wildman–Crippen MR) is 89.7 cm³/mol. The van der Waals surface area contributed by atoms with Gasteiger partial charge in [-0.25, -0.2) is 4.98 Å². The van der Waals surface area contributed by atoms with E-state index in [0.717, 1.165) is 5.56 Å². The van der Waals surface area contributed by atoms with Gasteiger partial charge in [0.05, 0.1) is 0 Å². The van der Waals surface area contributed by atoms with Gasteiger partial charge in [-0.05, 0) is 37.8 Å². The summed E-state index contributed by atoms with van der Waals surface area (Å²) < 4.78 is 26.9. The number of nitrogens with zero attached hydrogens (tertiary/aromatic N) is 4. The molecule has 1 unspecified atom stereocenters. The van der Waals surface area contributed by atoms with E-state index in [0.29, 0.717) is 30.9 Å². The third kappa shape index (κ3) is 2.72. The van der Waals surface area contributed by atoms with Crippen LogP contribution in [0, 0.1) is 18.3 Å². The Balaban J connectivity index is 2.18. The van der Waals surface area contributed by atoms with Crippen LogP contribution in [0.4, 0.5) is 5.82 Å². The molecule has 0 saturated heterocycles. The van der Waals surface area contributed by atoms with E-state index in [2.05, 4.69) is 4.98 Å². The van der Waals surface area contributed by atoms with Crippen molar-refractivity contribution < 1.29 is 4.11 Å². The fourth-order valence-corrected chi connectivity index (χ4v) is 2.82. The topological polar surface area (TPSA) is 61.9 Å². The Labute approximate surface area is 140 Å². The number of aromatic nitrogens is 2. The summed E-state index contributed by atoms with van der Waals surface area (Å²) in [6, 6.07) is 9.05. The molecule has 0 amide bonds. The molecule has 118 valence electrons. The maximum absolute atomic E-state index is 12.6. The number of aryl methyl sites for hydroxylation is 2. The van der Waals surface area contributed by atoms with Crippen LogP contribution < -0.4 is 10.5 Å². The van der Waals surface area contributed by atoms with E-state index in [-0.39, 0.29) is 11.4 Å². The lowest BCUT2D eigenvalue weighted by Crippen LogP contribution is -2.34. The second kappa shape index (κ2) is 6.25. The van der Waals surface area contributed by atoms with Crippen LogP contribution in [0.2, 0.25) is 0 Å². The van der Waals surface area contributed by atoms with Gasteiger partial charge in [0.1, 0.15) is 11.9 Å². The lowest BCUT2D eigenvalue weighted by molar-refractivity contribution is 0.663. The summed E-state index contributed by atoms with van der Waals surface area (Å²) in [5.41, 5.74) is 0.706. The highest BCUT2D eigenvalue weighted by molar-refractivity contribution is 5.54. The van der Waals surface area contributed by atoms with Crippen molar-refractivity contribution in [1.29, 1.82) is 5.26 Å². The van der Waals surface area contributed by atoms with E-state index >= 15 is 0 Å². The Morgan fingerprint density at radius 1 is 1.39 bits per heavy atom. The normalized spacial score (nSPS) is 21.3. The molecule has 0 radical (unpaired) electrons. The molecule has 3 rings (SSSR count). The largest absolute Gasteiger partial charge is 0.355 e. The molecule has 23 heavy (non-hydrogen) atoms. The van der Waals surface area contributed by atoms with Crippen molar-refractivity contribution in [3.63, 3.8) is 0 Å². The number of hydrogen-bond acceptors (Lipinski definition) is 4. The predicted octanol–water partition coefficient (Wildman–Crippen LogP) is 2.05. The number of fused-ring (bicyclic) bond motifs is 1. The van der Waals surface area contributed by atoms with Crippen LogP contribution in [0.15, 0.2) is 29.1 Å². The zero-order chi connectivity index (χ0) is 19.1. The fourth-order valence-electron chi connectivity index (χ4n) is 2.82. The van der Waals surface area contributed by atoms with Gasteiger partial charge in [0.2, 0.25) is 0 Å². The van der Waals surface area contributed by atoms with Crippen molar-refractivity contribution in [2.75, 3.05) is 18.0 Å². The molecule has 0 spiro atoms. The second-order valence-electron chi connectivity index (χ2n) is 5.39. The molecule has 1 aliphatic rings. The fraction of sp³-hybridized carbons (Fsp3) is 0.389. The Bertz CT molecular complexity index is 948. The van der Waals surface area contributed by atoms with Crippen molar-refractivity contribution in [3.05, 3.63) is 57.1 Å². The highest BCUT2D eigenvalue weighted by Crippen LogP contribution is 2.21. The van der Waals surface area contributed by atoms with Crippen molar-refractivity contribution in [2.24, 2.45) is 0 Å². The van der Waals surface area contributed by atoms with Crippen LogP contribution in [0.25, 0.3) is 0 Å². The quantitative estimate of drug-likeness (QED) is 0.851. The standard InChI is InChI=1S/C18H20N4O/c1-3-22-13(2)20-17(16(12-19)18(22)23)21-10-8-14-6-4-5-7-15(14)9-11-21/h4-7H,3,8-11H2,1-2H3/i8T2,10T. The van der Waals surface area contributed by atoms with Gasteiger partial charge in [-0.15, -0.1) is 0 Å². The van der Waals surface area contributed by atoms with Crippen molar-refractivity contribution in [3.8, 4) is 6.07 Å². The first-order valence-corrected chi connectivity index (χ1v) is 7.61. The minimum absolute atomic E-state index is 0.0939. The third-order valence-corrected chi connectivity index (χ3v) is 4.06. The van der Waals surface area contributed by atoms with Gasteiger partial charge in [0.25, 0.3) is 5.56 Å². The van der Waals surface area contributed by atoms with Gasteiger partial charge >= 0.3 is 0 Å². The summed E-state index contributed by atoms with van der Waals surface area (Å²) in [5, 5.41) is 9.52. The number of benzene rings is 1. The third-order valence-electron chi connectivity index (χ3n) is 4.06. The van der Waals surface area contributed by atoms with Crippen molar-refractivity contribution in [1.82, 2.24) is 9.55 Å². The molecule has 0 fully saturated rings. The van der Waals surface area contributed by atoms with Gasteiger partial charge < -0.3 is 4.90 Å². The summed E-state index contributed by atoms with van der Waals surface area (Å²) in [7, 11) is 0. The molecule has 5 nitrogen and oxygen atoms in total. The molecule has 5 heteroatoms. The summed E-state index contributed by atoms with van der Waals surface area (Å²) in [6.07, 6.45) is -1.46. The van der Waals surface area contributed by atoms with E-state index < -0.39 is 18.5 Å². The monoisotopic (exact) mass is 314 g/mol. The number of rotatable bonds is 2. The number of hydrogen-bond donors (Lipinski definition) is 0. The summed E-state index contributed by atoms with van der Waals surface area (Å²) in [4.78, 5) is 18.4. The average Bonchev–Trinajstić information content (AvgIpc) is 2.71. The van der Waals surface area contributed by atoms with E-state index in [1.54, 1.807) is 26.0 Å². The molecule has 1 atom stereocenters. The highest BCUT2D eigenvalue weighted by Gasteiger charge is 2.21. The first kappa shape index (κ1) is 11.9. The molecular weight excluding hydrogens is 288 g/mol. The highest BCUT2D eigenvalue weighted by atomic mass is 16.1. The number of anilines is 1. The maximum atomic E-state index is 12.6. The van der Waals surface area contributed by atoms with Gasteiger partial charge in [0, 0.05) is 23.7 Å². The van der Waals surface area contributed by atoms with E-state index in [1.807, 2.05) is 18.2 Å². The zero-order valence-electron chi connectivity index (χ0n) is 16.2. The van der Waals surface area contributed by atoms with Gasteiger partial charge in [-0.3, -0.25) is 9.36 Å². The zero-order valence-corrected chi connectivity index (χ0v) is 13.2. The van der Waals surface area contributed by atoms with Crippen molar-refractivity contribution in [2.45, 2.75) is 33.2 Å². The van der Waals surface area contributed by atoms with Gasteiger partial charge in [-0.1, -0.05) is 24.3 Å². The van der Waals surface area contributed by atoms with Crippen LogP contribution in [0.5, 0.6) is 0 Å². The first-order valence-electron chi connectivity index (χ1n) is 9.19. The first-order chi connectivity index (χ1) is 12.3. The van der Waals surface area contributed by atoms with E-state index in [9.17, 15) is 10.1 Å². The smallest absolute Gasteiger partial charge is 0.273 e. The molecule has 0 saturated carbocycles. The second-order valence-corrected chi connectivity index (χ2v) is 5.39. The molecule has 2 heterocycles. The minimum Gasteiger partial charge on any atom is -0.355 e. The van der Waals surface area contributed by atoms with E-state index in [1.165, 1.54) is 9.47 Å². The molecule has 2 aromatic rings. The lowest BCUT2D eigenvalue weighted by Gasteiger charge is -2.23. The average molecular weight is 314 g/mol. The number of nitriles is 1. The van der Waals surface area contributed by atoms with Crippen LogP contribution >= 0.6 is 0 Å². The summed E-state index contributed by atoms with van der Waals surface area (Å²) in [5.74, 6) is 0.539. The SMILES string of the molecule is [3H]C1N(c2nc(C)n(CC)c(=O)c2C#N)CCc2ccccc2C1([3H])[3H]. The van der Waals surface area contributed by atoms with Crippen LogP contribution in [-0.4, -0.2) is 22.6 Å². The molecule has 0 bridgehead atoms. The van der Waals surface area contributed by atoms with Crippen LogP contribution in [-0.2, 0) is 19.3 Å². The Morgan fingerprint density at radius 2 is 2.13 bits per heavy atom. The van der Waals surface area contributed by atoms with Crippen molar-refractivity contribution >= 4 is 5.82 Å². The Kier molecular flexibility index (Phi) is 3.23. The summed E-state index contributed by atoms with van der Waals surface area (Å²) >= 11 is 0. The van der Waals surface area contributed by atoms with Gasteiger partial charge in [-0.2, -0.15) is 5.26 Å². The van der Waals surface area contributed by atoms with Gasteiger partial charge in [0.15, 0.2) is 11.4 Å². The molecule has 1 aromatic heterocycles. The molecule has 1 aliphatic heterocycles. The lowest BCUT2D eigenvalue weighted by atomic mass is 10.0. The molecular formula is C18H20N4O. The Morgan fingerprint density at radius 3 is 2.83 bits per heavy atom.